The van der Waals surface area contributed by atoms with Crippen LogP contribution in [0.5, 0.6) is 23.0 Å². The normalized spacial score (nSPS) is 18.4. The predicted molar refractivity (Wildman–Crippen MR) is 166 cm³/mol. The molecular weight excluding hydrogens is 548 g/mol. The Labute approximate surface area is 252 Å². The van der Waals surface area contributed by atoms with E-state index in [2.05, 4.69) is 24.8 Å². The second-order valence-corrected chi connectivity index (χ2v) is 11.2. The lowest BCUT2D eigenvalue weighted by Gasteiger charge is -2.35. The fourth-order valence-electron chi connectivity index (χ4n) is 6.22. The number of fused-ring (bicyclic) bond motifs is 3. The molecule has 4 heterocycles. The minimum absolute atomic E-state index is 0.0203. The van der Waals surface area contributed by atoms with Crippen molar-refractivity contribution in [2.75, 3.05) is 72.1 Å². The molecule has 11 heteroatoms. The molecule has 2 saturated heterocycles. The molecule has 1 aromatic heterocycles. The molecule has 0 aliphatic carbocycles. The number of hydrogen-bond donors (Lipinski definition) is 0. The minimum atomic E-state index is 0.0203. The third-order valence-corrected chi connectivity index (χ3v) is 8.63. The van der Waals surface area contributed by atoms with Gasteiger partial charge in [0.15, 0.2) is 23.0 Å². The van der Waals surface area contributed by atoms with Gasteiger partial charge in [0.1, 0.15) is 12.1 Å². The summed E-state index contributed by atoms with van der Waals surface area (Å²) in [5.41, 5.74) is 2.08. The van der Waals surface area contributed by atoms with E-state index < -0.39 is 0 Å². The lowest BCUT2D eigenvalue weighted by Crippen LogP contribution is -2.47. The molecule has 0 N–H and O–H groups in total. The van der Waals surface area contributed by atoms with E-state index in [0.717, 1.165) is 88.1 Å². The third kappa shape index (κ3) is 6.04. The summed E-state index contributed by atoms with van der Waals surface area (Å²) in [6.45, 7) is 6.20. The molecule has 3 aliphatic heterocycles. The molecule has 3 aliphatic rings. The van der Waals surface area contributed by atoms with Crippen LogP contribution in [0.3, 0.4) is 0 Å². The monoisotopic (exact) mass is 588 g/mol. The molecule has 0 radical (unpaired) electrons. The highest BCUT2D eigenvalue weighted by atomic mass is 16.5. The van der Waals surface area contributed by atoms with E-state index in [9.17, 15) is 4.79 Å². The van der Waals surface area contributed by atoms with Gasteiger partial charge in [0.2, 0.25) is 0 Å². The number of nitrogens with zero attached hydrogens (tertiary/aromatic N) is 6. The quantitative estimate of drug-likeness (QED) is 0.303. The molecule has 2 aromatic carbocycles. The van der Waals surface area contributed by atoms with Crippen LogP contribution in [-0.2, 0) is 0 Å². The summed E-state index contributed by atoms with van der Waals surface area (Å²) in [7, 11) is 4.88. The van der Waals surface area contributed by atoms with Crippen LogP contribution in [0.1, 0.15) is 42.5 Å². The van der Waals surface area contributed by atoms with E-state index in [1.807, 2.05) is 29.3 Å². The minimum Gasteiger partial charge on any atom is -0.493 e. The summed E-state index contributed by atoms with van der Waals surface area (Å²) in [6.07, 6.45) is 8.61. The van der Waals surface area contributed by atoms with Crippen LogP contribution in [0.4, 0.5) is 11.5 Å². The van der Waals surface area contributed by atoms with Crippen molar-refractivity contribution in [2.45, 2.75) is 38.1 Å². The molecule has 2 fully saturated rings. The van der Waals surface area contributed by atoms with Gasteiger partial charge in [-0.05, 0) is 50.8 Å². The summed E-state index contributed by atoms with van der Waals surface area (Å²) in [5, 5.41) is 0.971. The molecule has 0 bridgehead atoms. The maximum atomic E-state index is 13.1. The molecule has 6 rings (SSSR count). The summed E-state index contributed by atoms with van der Waals surface area (Å²) in [6, 6.07) is 7.58. The fraction of sp³-hybridized carbons (Fsp3) is 0.500. The summed E-state index contributed by atoms with van der Waals surface area (Å²) in [4.78, 5) is 33.5. The zero-order valence-electron chi connectivity index (χ0n) is 25.3. The van der Waals surface area contributed by atoms with Gasteiger partial charge in [-0.15, -0.1) is 0 Å². The number of carbonyl (C=O) groups is 1. The molecule has 0 spiro atoms. The Morgan fingerprint density at radius 1 is 0.837 bits per heavy atom. The molecule has 0 saturated carbocycles. The van der Waals surface area contributed by atoms with Crippen LogP contribution in [0.2, 0.25) is 0 Å². The molecule has 1 amide bonds. The van der Waals surface area contributed by atoms with Crippen molar-refractivity contribution in [3.8, 4) is 23.0 Å². The van der Waals surface area contributed by atoms with Crippen LogP contribution in [0, 0.1) is 0 Å². The van der Waals surface area contributed by atoms with Crippen LogP contribution < -0.4 is 23.8 Å². The van der Waals surface area contributed by atoms with Crippen molar-refractivity contribution >= 4 is 34.5 Å². The molecule has 43 heavy (non-hydrogen) atoms. The largest absolute Gasteiger partial charge is 0.493 e. The number of amides is 1. The molecule has 228 valence electrons. The molecular formula is C32H40N6O5. The van der Waals surface area contributed by atoms with Gasteiger partial charge in [-0.3, -0.25) is 14.7 Å². The van der Waals surface area contributed by atoms with Crippen LogP contribution in [-0.4, -0.2) is 105 Å². The highest BCUT2D eigenvalue weighted by Crippen LogP contribution is 2.38. The Bertz CT molecular complexity index is 1490. The number of unbranched alkanes of at least 4 members (excludes halogenated alkanes) is 2. The smallest absolute Gasteiger partial charge is 0.256 e. The Morgan fingerprint density at radius 2 is 1.60 bits per heavy atom. The van der Waals surface area contributed by atoms with Gasteiger partial charge in [0.25, 0.3) is 5.91 Å². The number of piperazine rings is 1. The zero-order chi connectivity index (χ0) is 29.8. The molecule has 0 unspecified atom stereocenters. The lowest BCUT2D eigenvalue weighted by molar-refractivity contribution is 0.0774. The summed E-state index contributed by atoms with van der Waals surface area (Å²) < 4.78 is 22.6. The predicted octanol–water partition coefficient (Wildman–Crippen LogP) is 4.35. The van der Waals surface area contributed by atoms with Crippen molar-refractivity contribution in [1.29, 1.82) is 0 Å². The van der Waals surface area contributed by atoms with Crippen molar-refractivity contribution in [1.82, 2.24) is 19.8 Å². The summed E-state index contributed by atoms with van der Waals surface area (Å²) in [5.74, 6) is 3.51. The van der Waals surface area contributed by atoms with Crippen molar-refractivity contribution < 1.29 is 23.7 Å². The highest BCUT2D eigenvalue weighted by Gasteiger charge is 2.32. The number of anilines is 1. The van der Waals surface area contributed by atoms with E-state index in [0.29, 0.717) is 40.9 Å². The maximum Gasteiger partial charge on any atom is 0.256 e. The second kappa shape index (κ2) is 13.0. The Balaban J connectivity index is 0.967. The zero-order valence-corrected chi connectivity index (χ0v) is 25.3. The van der Waals surface area contributed by atoms with Gasteiger partial charge in [-0.2, -0.15) is 0 Å². The molecule has 11 nitrogen and oxygen atoms in total. The van der Waals surface area contributed by atoms with E-state index in [1.54, 1.807) is 33.7 Å². The van der Waals surface area contributed by atoms with E-state index in [4.69, 9.17) is 18.9 Å². The number of hydrogen-bond acceptors (Lipinski definition) is 10. The lowest BCUT2D eigenvalue weighted by atomic mass is 10.1. The SMILES string of the molecule is COc1cc2ncnc(N3CCN(CCCCCOc4cc5c(cc4OC)C(=O)N4CCC[C@H]4C=N5)CC3)c2cc1OC. The Kier molecular flexibility index (Phi) is 8.78. The number of aromatic nitrogens is 2. The first kappa shape index (κ1) is 29.0. The average Bonchev–Trinajstić information content (AvgIpc) is 3.48. The first-order valence-electron chi connectivity index (χ1n) is 15.1. The van der Waals surface area contributed by atoms with Crippen molar-refractivity contribution in [3.63, 3.8) is 0 Å². The molecule has 3 aromatic rings. The first-order chi connectivity index (χ1) is 21.1. The number of carbonyl (C=O) groups excluding carboxylic acids is 1. The van der Waals surface area contributed by atoms with Crippen molar-refractivity contribution in [2.24, 2.45) is 4.99 Å². The van der Waals surface area contributed by atoms with Gasteiger partial charge >= 0.3 is 0 Å². The van der Waals surface area contributed by atoms with E-state index >= 15 is 0 Å². The van der Waals surface area contributed by atoms with Gasteiger partial charge in [0, 0.05) is 56.5 Å². The fourth-order valence-corrected chi connectivity index (χ4v) is 6.22. The third-order valence-electron chi connectivity index (χ3n) is 8.63. The summed E-state index contributed by atoms with van der Waals surface area (Å²) >= 11 is 0. The number of aliphatic imine (C=N–C) groups is 1. The van der Waals surface area contributed by atoms with Crippen LogP contribution in [0.15, 0.2) is 35.6 Å². The van der Waals surface area contributed by atoms with Crippen LogP contribution in [0.25, 0.3) is 10.9 Å². The number of ether oxygens (including phenoxy) is 4. The number of rotatable bonds is 11. The van der Waals surface area contributed by atoms with Gasteiger partial charge < -0.3 is 28.7 Å². The Morgan fingerprint density at radius 3 is 2.40 bits per heavy atom. The topological polar surface area (TPSA) is 102 Å². The van der Waals surface area contributed by atoms with Gasteiger partial charge in [-0.1, -0.05) is 0 Å². The van der Waals surface area contributed by atoms with Gasteiger partial charge in [-0.25, -0.2) is 9.97 Å². The van der Waals surface area contributed by atoms with Gasteiger partial charge in [0.05, 0.1) is 50.7 Å². The first-order valence-corrected chi connectivity index (χ1v) is 15.1. The number of methoxy groups -OCH3 is 3. The second-order valence-electron chi connectivity index (χ2n) is 11.2. The van der Waals surface area contributed by atoms with E-state index in [1.165, 1.54) is 0 Å². The number of benzene rings is 2. The standard InChI is InChI=1S/C32H40N6O5/c1-40-27-16-23-25(18-29(27)42-3)34-21-35-31(23)37-13-11-36(12-14-37)9-5-4-6-15-43-30-19-26-24(17-28(30)41-2)32(39)38-10-7-8-22(38)20-33-26/h16-22H,4-15H2,1-3H3/t22-/m0/s1. The highest BCUT2D eigenvalue weighted by molar-refractivity contribution is 6.03. The molecule has 1 atom stereocenters. The Hall–Kier alpha value is -4.12. The van der Waals surface area contributed by atoms with Crippen LogP contribution >= 0.6 is 0 Å². The van der Waals surface area contributed by atoms with Crippen molar-refractivity contribution in [3.05, 3.63) is 36.2 Å². The average molecular weight is 589 g/mol. The van der Waals surface area contributed by atoms with E-state index in [-0.39, 0.29) is 11.9 Å². The maximum absolute atomic E-state index is 13.1.